The summed E-state index contributed by atoms with van der Waals surface area (Å²) in [6.07, 6.45) is 1.44. The second-order valence-corrected chi connectivity index (χ2v) is 6.30. The highest BCUT2D eigenvalue weighted by Crippen LogP contribution is 2.24. The molecule has 1 aromatic heterocycles. The molecular formula is C18H14ClNO3S. The third-order valence-electron chi connectivity index (χ3n) is 3.62. The van der Waals surface area contributed by atoms with Crippen LogP contribution in [0.15, 0.2) is 53.1 Å². The second-order valence-electron chi connectivity index (χ2n) is 5.37. The molecule has 4 nitrogen and oxygen atoms in total. The van der Waals surface area contributed by atoms with Crippen LogP contribution in [0.4, 0.5) is 0 Å². The first kappa shape index (κ1) is 16.6. The molecule has 1 heterocycles. The zero-order valence-corrected chi connectivity index (χ0v) is 14.4. The molecule has 2 aliphatic rings. The van der Waals surface area contributed by atoms with Crippen LogP contribution in [-0.2, 0) is 4.79 Å². The highest BCUT2D eigenvalue weighted by atomic mass is 35.5. The van der Waals surface area contributed by atoms with Crippen molar-refractivity contribution in [3.8, 4) is 11.3 Å². The standard InChI is InChI=1S/C12H11NO3S.C6H3Cl/c1-7-2-4-8(5-3-7)9-6-16-11(13-9)10(17)12(14)15;7-6-3-4-1-2-5(4)6/h2-6,10,17H,1H3,(H,14,15);1-3H. The minimum Gasteiger partial charge on any atom is -0.480 e. The van der Waals surface area contributed by atoms with Crippen LogP contribution in [0.5, 0.6) is 0 Å². The molecule has 2 aliphatic carbocycles. The smallest absolute Gasteiger partial charge is 0.325 e. The number of aromatic nitrogens is 1. The van der Waals surface area contributed by atoms with Crippen molar-refractivity contribution in [2.75, 3.05) is 0 Å². The fraction of sp³-hybridized carbons (Fsp3) is 0.111. The number of rotatable bonds is 3. The number of hydrogen-bond donors (Lipinski definition) is 2. The summed E-state index contributed by atoms with van der Waals surface area (Å²) in [6, 6.07) is 13.8. The molecule has 4 rings (SSSR count). The molecule has 0 saturated heterocycles. The topological polar surface area (TPSA) is 63.3 Å². The molecule has 0 spiro atoms. The van der Waals surface area contributed by atoms with Crippen LogP contribution in [0.2, 0.25) is 5.02 Å². The summed E-state index contributed by atoms with van der Waals surface area (Å²) in [5.41, 5.74) is 2.65. The number of carboxylic acids is 1. The summed E-state index contributed by atoms with van der Waals surface area (Å²) in [4.78, 5) is 14.8. The summed E-state index contributed by atoms with van der Waals surface area (Å²) in [6.45, 7) is 1.99. The fourth-order valence-electron chi connectivity index (χ4n) is 2.12. The van der Waals surface area contributed by atoms with Gasteiger partial charge in [0.2, 0.25) is 5.89 Å². The first-order valence-electron chi connectivity index (χ1n) is 7.19. The van der Waals surface area contributed by atoms with Crippen molar-refractivity contribution in [3.05, 3.63) is 75.6 Å². The Hall–Kier alpha value is -2.24. The van der Waals surface area contributed by atoms with Crippen LogP contribution < -0.4 is 0 Å². The first-order chi connectivity index (χ1) is 11.5. The predicted octanol–water partition coefficient (Wildman–Crippen LogP) is 4.65. The Bertz CT molecular complexity index is 982. The largest absolute Gasteiger partial charge is 0.480 e. The number of aryl methyl sites for hydroxylation is 1. The Labute approximate surface area is 148 Å². The molecule has 1 aromatic carbocycles. The highest BCUT2D eigenvalue weighted by molar-refractivity contribution is 7.81. The average Bonchev–Trinajstić information content (AvgIpc) is 3.02. The Morgan fingerprint density at radius 3 is 2.38 bits per heavy atom. The molecule has 2 aromatic rings. The van der Waals surface area contributed by atoms with E-state index in [9.17, 15) is 4.79 Å². The van der Waals surface area contributed by atoms with Crippen molar-refractivity contribution in [1.82, 2.24) is 4.98 Å². The molecule has 6 heteroatoms. The summed E-state index contributed by atoms with van der Waals surface area (Å²) in [5, 5.41) is 11.2. The SMILES string of the molecule is Cc1ccc(-c2coc(C(S)C(=O)O)n2)cc1.Clc1cc2ccc1=2. The Morgan fingerprint density at radius 2 is 1.96 bits per heavy atom. The van der Waals surface area contributed by atoms with E-state index in [2.05, 4.69) is 23.7 Å². The van der Waals surface area contributed by atoms with Crippen LogP contribution in [0.3, 0.4) is 0 Å². The van der Waals surface area contributed by atoms with Crippen molar-refractivity contribution in [3.63, 3.8) is 0 Å². The molecule has 1 atom stereocenters. The highest BCUT2D eigenvalue weighted by Gasteiger charge is 2.20. The van der Waals surface area contributed by atoms with Crippen molar-refractivity contribution in [2.45, 2.75) is 12.2 Å². The molecule has 122 valence electrons. The Kier molecular flexibility index (Phi) is 4.64. The zero-order chi connectivity index (χ0) is 17.3. The summed E-state index contributed by atoms with van der Waals surface area (Å²) in [5.74, 6) is -0.984. The van der Waals surface area contributed by atoms with Gasteiger partial charge in [0.05, 0.1) is 0 Å². The van der Waals surface area contributed by atoms with Crippen molar-refractivity contribution < 1.29 is 14.3 Å². The van der Waals surface area contributed by atoms with E-state index in [1.54, 1.807) is 0 Å². The third kappa shape index (κ3) is 3.32. The zero-order valence-electron chi connectivity index (χ0n) is 12.7. The van der Waals surface area contributed by atoms with E-state index < -0.39 is 11.2 Å². The monoisotopic (exact) mass is 359 g/mol. The predicted molar refractivity (Wildman–Crippen MR) is 95.2 cm³/mol. The van der Waals surface area contributed by atoms with E-state index in [0.29, 0.717) is 5.69 Å². The molecule has 24 heavy (non-hydrogen) atoms. The minimum absolute atomic E-state index is 0.0939. The number of aliphatic carboxylic acids is 1. The number of oxazole rings is 1. The number of halogens is 1. The fourth-order valence-corrected chi connectivity index (χ4v) is 2.53. The Balaban J connectivity index is 0.000000198. The second kappa shape index (κ2) is 6.71. The molecule has 0 aliphatic heterocycles. The maximum Gasteiger partial charge on any atom is 0.325 e. The van der Waals surface area contributed by atoms with Gasteiger partial charge in [0.15, 0.2) is 5.25 Å². The molecule has 0 saturated carbocycles. The number of carbonyl (C=O) groups is 1. The number of nitrogens with zero attached hydrogens (tertiary/aromatic N) is 1. The van der Waals surface area contributed by atoms with Gasteiger partial charge in [0, 0.05) is 15.8 Å². The number of hydrogen-bond acceptors (Lipinski definition) is 4. The van der Waals surface area contributed by atoms with Gasteiger partial charge in [-0.3, -0.25) is 4.79 Å². The molecule has 0 radical (unpaired) electrons. The van der Waals surface area contributed by atoms with Crippen molar-refractivity contribution >= 4 is 30.2 Å². The number of thiol groups is 1. The van der Waals surface area contributed by atoms with Gasteiger partial charge in [0.25, 0.3) is 0 Å². The summed E-state index contributed by atoms with van der Waals surface area (Å²) in [7, 11) is 0. The normalized spacial score (nSPS) is 12.1. The lowest BCUT2D eigenvalue weighted by atomic mass is 10.1. The van der Waals surface area contributed by atoms with Gasteiger partial charge in [-0.1, -0.05) is 53.6 Å². The lowest BCUT2D eigenvalue weighted by molar-refractivity contribution is -0.136. The van der Waals surface area contributed by atoms with Crippen LogP contribution >= 0.6 is 24.2 Å². The van der Waals surface area contributed by atoms with Gasteiger partial charge >= 0.3 is 5.97 Å². The van der Waals surface area contributed by atoms with Gasteiger partial charge in [-0.25, -0.2) is 4.98 Å². The molecule has 1 N–H and O–H groups in total. The maximum absolute atomic E-state index is 10.7. The number of carboxylic acid groups (broad SMARTS) is 1. The minimum atomic E-state index is -1.08. The lowest BCUT2D eigenvalue weighted by Crippen LogP contribution is -2.05. The van der Waals surface area contributed by atoms with E-state index >= 15 is 0 Å². The van der Waals surface area contributed by atoms with Gasteiger partial charge < -0.3 is 9.52 Å². The first-order valence-corrected chi connectivity index (χ1v) is 8.08. The lowest BCUT2D eigenvalue weighted by Gasteiger charge is -2.01. The van der Waals surface area contributed by atoms with Crippen LogP contribution in [0.1, 0.15) is 16.7 Å². The average molecular weight is 360 g/mol. The third-order valence-corrected chi connectivity index (χ3v) is 4.37. The van der Waals surface area contributed by atoms with Gasteiger partial charge in [-0.15, -0.1) is 0 Å². The van der Waals surface area contributed by atoms with Gasteiger partial charge in [-0.2, -0.15) is 12.6 Å². The van der Waals surface area contributed by atoms with E-state index in [0.717, 1.165) is 16.1 Å². The Morgan fingerprint density at radius 1 is 1.25 bits per heavy atom. The summed E-state index contributed by atoms with van der Waals surface area (Å²) >= 11 is 9.50. The summed E-state index contributed by atoms with van der Waals surface area (Å²) < 4.78 is 5.10. The van der Waals surface area contributed by atoms with E-state index in [1.165, 1.54) is 16.7 Å². The van der Waals surface area contributed by atoms with Gasteiger partial charge in [-0.05, 0) is 18.2 Å². The molecule has 0 bridgehead atoms. The molecular weight excluding hydrogens is 346 g/mol. The van der Waals surface area contributed by atoms with Crippen molar-refractivity contribution in [1.29, 1.82) is 0 Å². The van der Waals surface area contributed by atoms with E-state index in [4.69, 9.17) is 21.1 Å². The van der Waals surface area contributed by atoms with Crippen molar-refractivity contribution in [2.24, 2.45) is 0 Å². The van der Waals surface area contributed by atoms with Crippen LogP contribution in [0.25, 0.3) is 11.3 Å². The van der Waals surface area contributed by atoms with Gasteiger partial charge in [0.1, 0.15) is 12.0 Å². The molecule has 1 unspecified atom stereocenters. The van der Waals surface area contributed by atoms with E-state index in [-0.39, 0.29) is 5.89 Å². The van der Waals surface area contributed by atoms with Crippen LogP contribution in [-0.4, -0.2) is 16.1 Å². The van der Waals surface area contributed by atoms with Crippen LogP contribution in [0, 0.1) is 17.4 Å². The molecule has 0 amide bonds. The quantitative estimate of drug-likeness (QED) is 0.523. The maximum atomic E-state index is 10.7. The molecule has 0 fully saturated rings. The van der Waals surface area contributed by atoms with E-state index in [1.807, 2.05) is 43.3 Å². The number of benzene rings is 2.